The van der Waals surface area contributed by atoms with E-state index >= 15 is 0 Å². The molecule has 0 atom stereocenters. The zero-order valence-corrected chi connectivity index (χ0v) is 9.22. The molecule has 0 radical (unpaired) electrons. The van der Waals surface area contributed by atoms with Crippen molar-refractivity contribution in [1.29, 1.82) is 0 Å². The lowest BCUT2D eigenvalue weighted by atomic mass is 10.1. The van der Waals surface area contributed by atoms with Gasteiger partial charge >= 0.3 is 0 Å². The lowest BCUT2D eigenvalue weighted by Gasteiger charge is -2.03. The summed E-state index contributed by atoms with van der Waals surface area (Å²) in [6, 6.07) is 8.35. The summed E-state index contributed by atoms with van der Waals surface area (Å²) < 4.78 is 0.936. The van der Waals surface area contributed by atoms with Crippen LogP contribution in [0.5, 0.6) is 0 Å². The minimum Gasteiger partial charge on any atom is -0.241 e. The average Bonchev–Trinajstić information content (AvgIpc) is 2.09. The molecule has 0 saturated carbocycles. The number of hydrogen-bond donors (Lipinski definition) is 0. The Kier molecular flexibility index (Phi) is 2.08. The van der Waals surface area contributed by atoms with Crippen molar-refractivity contribution in [3.63, 3.8) is 0 Å². The van der Waals surface area contributed by atoms with Crippen molar-refractivity contribution in [2.75, 3.05) is 0 Å². The highest BCUT2D eigenvalue weighted by molar-refractivity contribution is 9.10. The first-order chi connectivity index (χ1) is 6.18. The molecule has 0 amide bonds. The van der Waals surface area contributed by atoms with Crippen LogP contribution in [0.1, 0.15) is 11.1 Å². The van der Waals surface area contributed by atoms with Crippen molar-refractivity contribution < 1.29 is 0 Å². The maximum atomic E-state index is 4.45. The van der Waals surface area contributed by atoms with Gasteiger partial charge < -0.3 is 0 Å². The van der Waals surface area contributed by atoms with E-state index in [1.165, 1.54) is 16.5 Å². The summed E-state index contributed by atoms with van der Waals surface area (Å²) in [4.78, 5) is 4.45. The smallest absolute Gasteiger partial charge is 0.109 e. The highest BCUT2D eigenvalue weighted by Crippen LogP contribution is 2.22. The highest BCUT2D eigenvalue weighted by atomic mass is 79.9. The molecule has 0 aliphatic rings. The molecule has 13 heavy (non-hydrogen) atoms. The van der Waals surface area contributed by atoms with Gasteiger partial charge in [-0.15, -0.1) is 0 Å². The number of hydrogen-bond acceptors (Lipinski definition) is 1. The van der Waals surface area contributed by atoms with Gasteiger partial charge in [-0.25, -0.2) is 4.98 Å². The van der Waals surface area contributed by atoms with Crippen LogP contribution < -0.4 is 0 Å². The second kappa shape index (κ2) is 3.11. The number of benzene rings is 1. The first kappa shape index (κ1) is 8.70. The third-order valence-electron chi connectivity index (χ3n) is 2.21. The number of rotatable bonds is 0. The second-order valence-electron chi connectivity index (χ2n) is 3.24. The Morgan fingerprint density at radius 2 is 1.92 bits per heavy atom. The average molecular weight is 236 g/mol. The Morgan fingerprint density at radius 1 is 1.15 bits per heavy atom. The molecule has 2 rings (SSSR count). The van der Waals surface area contributed by atoms with Crippen molar-refractivity contribution in [2.45, 2.75) is 13.8 Å². The maximum Gasteiger partial charge on any atom is 0.109 e. The fraction of sp³-hybridized carbons (Fsp3) is 0.182. The zero-order valence-electron chi connectivity index (χ0n) is 7.63. The van der Waals surface area contributed by atoms with Crippen molar-refractivity contribution >= 4 is 26.8 Å². The van der Waals surface area contributed by atoms with Crippen LogP contribution in [0.25, 0.3) is 10.9 Å². The topological polar surface area (TPSA) is 12.9 Å². The van der Waals surface area contributed by atoms with E-state index in [9.17, 15) is 0 Å². The van der Waals surface area contributed by atoms with Crippen LogP contribution in [0, 0.1) is 13.8 Å². The van der Waals surface area contributed by atoms with E-state index in [0.29, 0.717) is 0 Å². The number of pyridine rings is 1. The molecule has 0 aliphatic carbocycles. The quantitative estimate of drug-likeness (QED) is 0.636. The van der Waals surface area contributed by atoms with Gasteiger partial charge in [0.05, 0.1) is 5.52 Å². The van der Waals surface area contributed by atoms with Crippen LogP contribution in [0.4, 0.5) is 0 Å². The van der Waals surface area contributed by atoms with Gasteiger partial charge in [-0.2, -0.15) is 0 Å². The van der Waals surface area contributed by atoms with Crippen LogP contribution in [-0.4, -0.2) is 4.98 Å². The molecular weight excluding hydrogens is 226 g/mol. The number of nitrogens with zero attached hydrogens (tertiary/aromatic N) is 1. The molecule has 66 valence electrons. The van der Waals surface area contributed by atoms with Gasteiger partial charge in [0.25, 0.3) is 0 Å². The number of aryl methyl sites for hydroxylation is 2. The lowest BCUT2D eigenvalue weighted by Crippen LogP contribution is -1.86. The predicted molar refractivity (Wildman–Crippen MR) is 58.9 cm³/mol. The summed E-state index contributed by atoms with van der Waals surface area (Å²) in [6.45, 7) is 4.17. The van der Waals surface area contributed by atoms with E-state index < -0.39 is 0 Å². The molecule has 0 unspecified atom stereocenters. The third kappa shape index (κ3) is 1.46. The molecule has 2 aromatic rings. The minimum absolute atomic E-state index is 0.936. The fourth-order valence-corrected chi connectivity index (χ4v) is 1.73. The van der Waals surface area contributed by atoms with Crippen LogP contribution >= 0.6 is 15.9 Å². The molecule has 1 aromatic carbocycles. The Morgan fingerprint density at radius 3 is 2.69 bits per heavy atom. The van der Waals surface area contributed by atoms with Crippen molar-refractivity contribution in [2.24, 2.45) is 0 Å². The van der Waals surface area contributed by atoms with Crippen molar-refractivity contribution in [3.05, 3.63) is 40.0 Å². The molecule has 0 saturated heterocycles. The van der Waals surface area contributed by atoms with E-state index in [1.54, 1.807) is 0 Å². The SMILES string of the molecule is Cc1cc2c(C)cccc2nc1Br. The standard InChI is InChI=1S/C11H10BrN/c1-7-4-3-5-10-9(7)6-8(2)11(12)13-10/h3-6H,1-2H3. The van der Waals surface area contributed by atoms with E-state index in [0.717, 1.165) is 10.1 Å². The number of aromatic nitrogens is 1. The third-order valence-corrected chi connectivity index (χ3v) is 3.01. The Balaban J connectivity index is 2.89. The van der Waals surface area contributed by atoms with Crippen molar-refractivity contribution in [3.8, 4) is 0 Å². The van der Waals surface area contributed by atoms with E-state index in [1.807, 2.05) is 12.1 Å². The van der Waals surface area contributed by atoms with Crippen LogP contribution in [-0.2, 0) is 0 Å². The van der Waals surface area contributed by atoms with E-state index in [2.05, 4.69) is 46.9 Å². The van der Waals surface area contributed by atoms with Gasteiger partial charge in [-0.1, -0.05) is 12.1 Å². The number of halogens is 1. The second-order valence-corrected chi connectivity index (χ2v) is 3.99. The minimum atomic E-state index is 0.936. The normalized spacial score (nSPS) is 10.7. The summed E-state index contributed by atoms with van der Waals surface area (Å²) in [5, 5.41) is 1.24. The molecule has 1 nitrogen and oxygen atoms in total. The van der Waals surface area contributed by atoms with Gasteiger partial charge in [0.15, 0.2) is 0 Å². The molecule has 0 spiro atoms. The molecular formula is C11H10BrN. The summed E-state index contributed by atoms with van der Waals surface area (Å²) in [6.07, 6.45) is 0. The van der Waals surface area contributed by atoms with Gasteiger partial charge in [0, 0.05) is 5.39 Å². The monoisotopic (exact) mass is 235 g/mol. The Bertz CT molecular complexity index is 463. The van der Waals surface area contributed by atoms with Crippen LogP contribution in [0.15, 0.2) is 28.9 Å². The van der Waals surface area contributed by atoms with Gasteiger partial charge in [0.2, 0.25) is 0 Å². The maximum absolute atomic E-state index is 4.45. The van der Waals surface area contributed by atoms with Gasteiger partial charge in [-0.05, 0) is 53.0 Å². The zero-order chi connectivity index (χ0) is 9.42. The molecule has 0 bridgehead atoms. The fourth-order valence-electron chi connectivity index (χ4n) is 1.42. The molecule has 0 fully saturated rings. The molecule has 0 aliphatic heterocycles. The van der Waals surface area contributed by atoms with Gasteiger partial charge in [-0.3, -0.25) is 0 Å². The Hall–Kier alpha value is -0.890. The van der Waals surface area contributed by atoms with Gasteiger partial charge in [0.1, 0.15) is 4.60 Å². The van der Waals surface area contributed by atoms with Crippen LogP contribution in [0.3, 0.4) is 0 Å². The summed E-state index contributed by atoms with van der Waals surface area (Å²) in [5.74, 6) is 0. The molecule has 0 N–H and O–H groups in total. The number of fused-ring (bicyclic) bond motifs is 1. The first-order valence-corrected chi connectivity index (χ1v) is 5.00. The molecule has 1 aromatic heterocycles. The van der Waals surface area contributed by atoms with Crippen molar-refractivity contribution in [1.82, 2.24) is 4.98 Å². The largest absolute Gasteiger partial charge is 0.241 e. The van der Waals surface area contributed by atoms with Crippen LogP contribution in [0.2, 0.25) is 0 Å². The first-order valence-electron chi connectivity index (χ1n) is 4.21. The summed E-state index contributed by atoms with van der Waals surface area (Å²) in [7, 11) is 0. The Labute approximate surface area is 85.9 Å². The molecule has 1 heterocycles. The molecule has 2 heteroatoms. The predicted octanol–water partition coefficient (Wildman–Crippen LogP) is 3.61. The lowest BCUT2D eigenvalue weighted by molar-refractivity contribution is 1.27. The van der Waals surface area contributed by atoms with E-state index in [4.69, 9.17) is 0 Å². The van der Waals surface area contributed by atoms with E-state index in [-0.39, 0.29) is 0 Å². The summed E-state index contributed by atoms with van der Waals surface area (Å²) in [5.41, 5.74) is 3.51. The summed E-state index contributed by atoms with van der Waals surface area (Å²) >= 11 is 3.43. The highest BCUT2D eigenvalue weighted by Gasteiger charge is 2.01.